The van der Waals surface area contributed by atoms with Gasteiger partial charge in [0.25, 0.3) is 0 Å². The van der Waals surface area contributed by atoms with Gasteiger partial charge in [-0.05, 0) is 38.0 Å². The van der Waals surface area contributed by atoms with Gasteiger partial charge in [-0.3, -0.25) is 4.79 Å². The predicted octanol–water partition coefficient (Wildman–Crippen LogP) is 4.46. The van der Waals surface area contributed by atoms with Gasteiger partial charge in [0, 0.05) is 6.04 Å². The van der Waals surface area contributed by atoms with E-state index in [0.717, 1.165) is 12.0 Å². The molecule has 126 valence electrons. The molecule has 2 rings (SSSR count). The molecular weight excluding hydrogens is 291 g/mol. The highest BCUT2D eigenvalue weighted by Crippen LogP contribution is 2.59. The van der Waals surface area contributed by atoms with Gasteiger partial charge in [0.05, 0.1) is 11.8 Å². The molecule has 0 aromatic carbocycles. The zero-order valence-corrected chi connectivity index (χ0v) is 13.8. The Morgan fingerprint density at radius 1 is 1.18 bits per heavy atom. The van der Waals surface area contributed by atoms with Crippen molar-refractivity contribution in [3.05, 3.63) is 11.6 Å². The second-order valence-corrected chi connectivity index (χ2v) is 7.62. The maximum Gasteiger partial charge on any atom is 0.393 e. The summed E-state index contributed by atoms with van der Waals surface area (Å²) < 4.78 is 39.3. The van der Waals surface area contributed by atoms with E-state index in [9.17, 15) is 18.0 Å². The summed E-state index contributed by atoms with van der Waals surface area (Å²) in [4.78, 5) is 12.4. The van der Waals surface area contributed by atoms with Crippen molar-refractivity contribution in [1.29, 1.82) is 0 Å². The van der Waals surface area contributed by atoms with Gasteiger partial charge in [0.2, 0.25) is 5.91 Å². The Balaban J connectivity index is 2.04. The summed E-state index contributed by atoms with van der Waals surface area (Å²) in [5, 5.41) is 2.71. The first-order valence-corrected chi connectivity index (χ1v) is 8.07. The Bertz CT molecular complexity index is 463. The second-order valence-electron chi connectivity index (χ2n) is 7.62. The molecule has 0 saturated heterocycles. The summed E-state index contributed by atoms with van der Waals surface area (Å²) in [6.07, 6.45) is -0.270. The van der Waals surface area contributed by atoms with Crippen molar-refractivity contribution in [1.82, 2.24) is 5.32 Å². The first-order valence-electron chi connectivity index (χ1n) is 8.07. The number of amides is 1. The minimum atomic E-state index is -4.23. The van der Waals surface area contributed by atoms with Crippen LogP contribution in [0, 0.1) is 23.2 Å². The normalized spacial score (nSPS) is 34.0. The molecule has 0 spiro atoms. The van der Waals surface area contributed by atoms with Gasteiger partial charge in [-0.15, -0.1) is 0 Å². The van der Waals surface area contributed by atoms with Gasteiger partial charge < -0.3 is 5.32 Å². The summed E-state index contributed by atoms with van der Waals surface area (Å²) in [6, 6.07) is -0.759. The molecule has 1 N–H and O–H groups in total. The molecule has 0 heterocycles. The van der Waals surface area contributed by atoms with Crippen molar-refractivity contribution in [2.45, 2.75) is 65.6 Å². The molecule has 2 aliphatic carbocycles. The van der Waals surface area contributed by atoms with Crippen LogP contribution in [0.1, 0.15) is 53.4 Å². The molecule has 2 fully saturated rings. The number of hydrogen-bond donors (Lipinski definition) is 1. The lowest BCUT2D eigenvalue weighted by Crippen LogP contribution is -2.48. The molecule has 4 atom stereocenters. The van der Waals surface area contributed by atoms with Crippen molar-refractivity contribution in [2.75, 3.05) is 0 Å². The molecule has 0 aromatic heterocycles. The molecule has 5 heteroatoms. The average molecular weight is 317 g/mol. The zero-order valence-electron chi connectivity index (χ0n) is 13.8. The number of alkyl halides is 3. The van der Waals surface area contributed by atoms with Crippen LogP contribution in [0.15, 0.2) is 11.6 Å². The fraction of sp³-hybridized carbons (Fsp3) is 0.824. The van der Waals surface area contributed by atoms with Crippen LogP contribution in [0.25, 0.3) is 0 Å². The van der Waals surface area contributed by atoms with Crippen LogP contribution < -0.4 is 5.32 Å². The van der Waals surface area contributed by atoms with E-state index in [2.05, 4.69) is 11.4 Å². The zero-order chi connectivity index (χ0) is 16.7. The van der Waals surface area contributed by atoms with Gasteiger partial charge in [-0.25, -0.2) is 0 Å². The average Bonchev–Trinajstić information content (AvgIpc) is 2.89. The third kappa shape index (κ3) is 3.49. The largest absolute Gasteiger partial charge is 0.393 e. The van der Waals surface area contributed by atoms with Crippen LogP contribution in [-0.2, 0) is 4.79 Å². The quantitative estimate of drug-likeness (QED) is 0.765. The van der Waals surface area contributed by atoms with E-state index in [-0.39, 0.29) is 29.6 Å². The van der Waals surface area contributed by atoms with Gasteiger partial charge in [-0.2, -0.15) is 13.2 Å². The van der Waals surface area contributed by atoms with Crippen LogP contribution in [0.5, 0.6) is 0 Å². The van der Waals surface area contributed by atoms with E-state index < -0.39 is 18.1 Å². The fourth-order valence-corrected chi connectivity index (χ4v) is 3.82. The number of hydrogen-bond acceptors (Lipinski definition) is 1. The van der Waals surface area contributed by atoms with E-state index in [4.69, 9.17) is 0 Å². The van der Waals surface area contributed by atoms with Gasteiger partial charge in [-0.1, -0.05) is 38.3 Å². The summed E-state index contributed by atoms with van der Waals surface area (Å²) in [5.74, 6) is -1.69. The van der Waals surface area contributed by atoms with Crippen molar-refractivity contribution in [3.8, 4) is 0 Å². The number of carbonyl (C=O) groups is 1. The topological polar surface area (TPSA) is 29.1 Å². The number of halogens is 3. The highest BCUT2D eigenvalue weighted by atomic mass is 19.4. The summed E-state index contributed by atoms with van der Waals surface area (Å²) in [5.41, 5.74) is 0.975. The maximum absolute atomic E-state index is 13.1. The minimum Gasteiger partial charge on any atom is -0.352 e. The third-order valence-corrected chi connectivity index (χ3v) is 5.22. The van der Waals surface area contributed by atoms with Crippen LogP contribution in [0.2, 0.25) is 0 Å². The highest BCUT2D eigenvalue weighted by molar-refractivity contribution is 5.84. The molecule has 22 heavy (non-hydrogen) atoms. The standard InChI is InChI=1S/C17H26F3NO/c1-10(2)9-12-14(16(12,3)4)15(22)21-13-8-6-5-7-11(13)17(18,19)20/h9,11-14H,5-8H2,1-4H3,(H,21,22). The Labute approximate surface area is 130 Å². The predicted molar refractivity (Wildman–Crippen MR) is 80.1 cm³/mol. The summed E-state index contributed by atoms with van der Waals surface area (Å²) in [6.45, 7) is 7.96. The molecule has 1 amide bonds. The monoisotopic (exact) mass is 317 g/mol. The third-order valence-electron chi connectivity index (χ3n) is 5.22. The van der Waals surface area contributed by atoms with E-state index >= 15 is 0 Å². The molecule has 4 unspecified atom stereocenters. The molecular formula is C17H26F3NO. The Hall–Kier alpha value is -1.00. The molecule has 0 bridgehead atoms. The number of rotatable bonds is 3. The van der Waals surface area contributed by atoms with Crippen LogP contribution in [-0.4, -0.2) is 18.1 Å². The summed E-state index contributed by atoms with van der Waals surface area (Å²) >= 11 is 0. The number of nitrogens with one attached hydrogen (secondary N) is 1. The smallest absolute Gasteiger partial charge is 0.352 e. The first kappa shape index (κ1) is 17.4. The SMILES string of the molecule is CC(C)=CC1C(C(=O)NC2CCCCC2C(F)(F)F)C1(C)C. The number of allylic oxidation sites excluding steroid dienone is 2. The molecule has 2 aliphatic rings. The van der Waals surface area contributed by atoms with E-state index in [1.807, 2.05) is 27.7 Å². The van der Waals surface area contributed by atoms with Gasteiger partial charge in [0.15, 0.2) is 0 Å². The molecule has 2 saturated carbocycles. The highest BCUT2D eigenvalue weighted by Gasteiger charge is 2.61. The van der Waals surface area contributed by atoms with Crippen molar-refractivity contribution in [3.63, 3.8) is 0 Å². The van der Waals surface area contributed by atoms with Crippen LogP contribution in [0.3, 0.4) is 0 Å². The van der Waals surface area contributed by atoms with Crippen LogP contribution in [0.4, 0.5) is 13.2 Å². The van der Waals surface area contributed by atoms with Crippen molar-refractivity contribution in [2.24, 2.45) is 23.2 Å². The lowest BCUT2D eigenvalue weighted by Gasteiger charge is -2.33. The lowest BCUT2D eigenvalue weighted by atomic mass is 9.84. The Morgan fingerprint density at radius 2 is 1.77 bits per heavy atom. The molecule has 0 radical (unpaired) electrons. The van der Waals surface area contributed by atoms with Crippen molar-refractivity contribution < 1.29 is 18.0 Å². The number of carbonyl (C=O) groups excluding carboxylic acids is 1. The van der Waals surface area contributed by atoms with E-state index in [1.165, 1.54) is 0 Å². The van der Waals surface area contributed by atoms with E-state index in [0.29, 0.717) is 12.8 Å². The van der Waals surface area contributed by atoms with Gasteiger partial charge in [0.1, 0.15) is 0 Å². The van der Waals surface area contributed by atoms with E-state index in [1.54, 1.807) is 0 Å². The fourth-order valence-electron chi connectivity index (χ4n) is 3.82. The first-order chi connectivity index (χ1) is 10.0. The second kappa shape index (κ2) is 5.89. The van der Waals surface area contributed by atoms with Crippen LogP contribution >= 0.6 is 0 Å². The molecule has 2 nitrogen and oxygen atoms in total. The maximum atomic E-state index is 13.1. The lowest BCUT2D eigenvalue weighted by molar-refractivity contribution is -0.189. The molecule has 0 aliphatic heterocycles. The Kier molecular flexibility index (Phi) is 4.65. The van der Waals surface area contributed by atoms with Crippen molar-refractivity contribution >= 4 is 5.91 Å². The van der Waals surface area contributed by atoms with Gasteiger partial charge >= 0.3 is 6.18 Å². The minimum absolute atomic E-state index is 0.125. The Morgan fingerprint density at radius 3 is 2.32 bits per heavy atom. The summed E-state index contributed by atoms with van der Waals surface area (Å²) in [7, 11) is 0. The molecule has 0 aromatic rings.